The molecular weight excluding hydrogens is 309 g/mol. The maximum atomic E-state index is 14.1. The summed E-state index contributed by atoms with van der Waals surface area (Å²) in [6.45, 7) is 1.62. The zero-order chi connectivity index (χ0) is 17.3. The van der Waals surface area contributed by atoms with Gasteiger partial charge in [-0.2, -0.15) is 5.26 Å². The number of anilines is 2. The Morgan fingerprint density at radius 1 is 1.25 bits per heavy atom. The highest BCUT2D eigenvalue weighted by atomic mass is 19.1. The van der Waals surface area contributed by atoms with Crippen molar-refractivity contribution in [1.82, 2.24) is 4.98 Å². The summed E-state index contributed by atoms with van der Waals surface area (Å²) in [6, 6.07) is 9.60. The number of aromatic nitrogens is 1. The van der Waals surface area contributed by atoms with Crippen LogP contribution < -0.4 is 10.1 Å². The van der Waals surface area contributed by atoms with Crippen LogP contribution in [0.3, 0.4) is 0 Å². The van der Waals surface area contributed by atoms with Gasteiger partial charge in [0.05, 0.1) is 23.9 Å². The number of halogens is 1. The van der Waals surface area contributed by atoms with Crippen LogP contribution in [0.2, 0.25) is 0 Å². The van der Waals surface area contributed by atoms with Gasteiger partial charge in [-0.1, -0.05) is 0 Å². The van der Waals surface area contributed by atoms with Crippen molar-refractivity contribution in [2.24, 2.45) is 0 Å². The normalized spacial score (nSPS) is 10.4. The van der Waals surface area contributed by atoms with Crippen molar-refractivity contribution in [3.8, 4) is 17.6 Å². The number of benzene rings is 2. The Bertz CT molecular complexity index is 980. The molecule has 1 aromatic heterocycles. The van der Waals surface area contributed by atoms with Crippen LogP contribution in [-0.4, -0.2) is 17.2 Å². The van der Waals surface area contributed by atoms with Gasteiger partial charge in [-0.05, 0) is 30.7 Å². The van der Waals surface area contributed by atoms with Crippen molar-refractivity contribution in [2.45, 2.75) is 6.92 Å². The quantitative estimate of drug-likeness (QED) is 0.761. The molecule has 2 aromatic carbocycles. The summed E-state index contributed by atoms with van der Waals surface area (Å²) in [6.07, 6.45) is 1.57. The zero-order valence-corrected chi connectivity index (χ0v) is 13.1. The summed E-state index contributed by atoms with van der Waals surface area (Å²) in [5.74, 6) is -0.0604. The minimum Gasteiger partial charge on any atom is -0.508 e. The second-order valence-corrected chi connectivity index (χ2v) is 5.28. The lowest BCUT2D eigenvalue weighted by molar-refractivity contribution is 0.414. The summed E-state index contributed by atoms with van der Waals surface area (Å²) in [4.78, 5) is 4.25. The van der Waals surface area contributed by atoms with Crippen molar-refractivity contribution in [1.29, 1.82) is 5.26 Å². The van der Waals surface area contributed by atoms with Gasteiger partial charge >= 0.3 is 0 Å². The molecule has 6 heteroatoms. The molecule has 0 unspecified atom stereocenters. The van der Waals surface area contributed by atoms with E-state index in [1.165, 1.54) is 19.2 Å². The molecule has 5 nitrogen and oxygen atoms in total. The molecule has 0 saturated heterocycles. The molecule has 0 aliphatic rings. The van der Waals surface area contributed by atoms with Gasteiger partial charge in [0.25, 0.3) is 0 Å². The van der Waals surface area contributed by atoms with Crippen molar-refractivity contribution < 1.29 is 14.2 Å². The van der Waals surface area contributed by atoms with Gasteiger partial charge in [0, 0.05) is 29.4 Å². The van der Waals surface area contributed by atoms with Crippen LogP contribution in [0.5, 0.6) is 11.5 Å². The number of fused-ring (bicyclic) bond motifs is 1. The van der Waals surface area contributed by atoms with Gasteiger partial charge in [-0.15, -0.1) is 0 Å². The lowest BCUT2D eigenvalue weighted by Crippen LogP contribution is -1.97. The molecule has 0 amide bonds. The lowest BCUT2D eigenvalue weighted by atomic mass is 10.1. The highest BCUT2D eigenvalue weighted by molar-refractivity contribution is 5.95. The van der Waals surface area contributed by atoms with Crippen LogP contribution in [0.1, 0.15) is 11.1 Å². The van der Waals surface area contributed by atoms with Crippen molar-refractivity contribution in [3.05, 3.63) is 53.5 Å². The molecule has 0 aliphatic carbocycles. The fraction of sp³-hybridized carbons (Fsp3) is 0.111. The summed E-state index contributed by atoms with van der Waals surface area (Å²) < 4.78 is 19.3. The fourth-order valence-electron chi connectivity index (χ4n) is 2.44. The van der Waals surface area contributed by atoms with E-state index in [0.29, 0.717) is 33.5 Å². The number of nitrogens with zero attached hydrogens (tertiary/aromatic N) is 2. The van der Waals surface area contributed by atoms with Crippen molar-refractivity contribution in [2.75, 3.05) is 12.4 Å². The van der Waals surface area contributed by atoms with Gasteiger partial charge in [0.15, 0.2) is 0 Å². The average molecular weight is 323 g/mol. The molecular formula is C18H14FN3O2. The van der Waals surface area contributed by atoms with E-state index < -0.39 is 5.82 Å². The highest BCUT2D eigenvalue weighted by Crippen LogP contribution is 2.33. The second-order valence-electron chi connectivity index (χ2n) is 5.28. The molecule has 24 heavy (non-hydrogen) atoms. The monoisotopic (exact) mass is 323 g/mol. The third kappa shape index (κ3) is 2.68. The first kappa shape index (κ1) is 15.6. The Labute approximate surface area is 138 Å². The molecule has 0 radical (unpaired) electrons. The van der Waals surface area contributed by atoms with E-state index in [1.807, 2.05) is 0 Å². The molecule has 2 N–H and O–H groups in total. The maximum Gasteiger partial charge on any atom is 0.147 e. The minimum absolute atomic E-state index is 0.00311. The Hall–Kier alpha value is -3.33. The molecule has 3 rings (SSSR count). The molecule has 0 fully saturated rings. The number of pyridine rings is 1. The molecule has 0 spiro atoms. The predicted octanol–water partition coefficient (Wildman–Crippen LogP) is 4.01. The first-order chi connectivity index (χ1) is 11.5. The Morgan fingerprint density at radius 3 is 2.75 bits per heavy atom. The summed E-state index contributed by atoms with van der Waals surface area (Å²) >= 11 is 0. The Morgan fingerprint density at radius 2 is 2.04 bits per heavy atom. The van der Waals surface area contributed by atoms with E-state index in [4.69, 9.17) is 4.74 Å². The summed E-state index contributed by atoms with van der Waals surface area (Å²) in [5, 5.41) is 22.6. The smallest absolute Gasteiger partial charge is 0.147 e. The van der Waals surface area contributed by atoms with Crippen LogP contribution in [0.4, 0.5) is 15.8 Å². The van der Waals surface area contributed by atoms with Crippen LogP contribution in [0, 0.1) is 24.1 Å². The Kier molecular flexibility index (Phi) is 3.92. The lowest BCUT2D eigenvalue weighted by Gasteiger charge is -2.13. The first-order valence-corrected chi connectivity index (χ1v) is 7.16. The Balaban J connectivity index is 2.14. The van der Waals surface area contributed by atoms with E-state index in [-0.39, 0.29) is 11.4 Å². The van der Waals surface area contributed by atoms with Crippen LogP contribution in [0.15, 0.2) is 36.5 Å². The third-order valence-corrected chi connectivity index (χ3v) is 3.74. The van der Waals surface area contributed by atoms with Gasteiger partial charge in [0.2, 0.25) is 0 Å². The van der Waals surface area contributed by atoms with Gasteiger partial charge in [-0.25, -0.2) is 4.39 Å². The zero-order valence-electron chi connectivity index (χ0n) is 13.1. The van der Waals surface area contributed by atoms with E-state index in [1.54, 1.807) is 31.3 Å². The van der Waals surface area contributed by atoms with E-state index in [0.717, 1.165) is 0 Å². The minimum atomic E-state index is -0.482. The number of phenols is 1. The number of nitrogens with one attached hydrogen (secondary N) is 1. The number of aryl methyl sites for hydroxylation is 1. The molecule has 1 heterocycles. The number of nitriles is 1. The molecule has 0 atom stereocenters. The molecule has 0 aliphatic heterocycles. The van der Waals surface area contributed by atoms with Gasteiger partial charge in [0.1, 0.15) is 23.4 Å². The number of rotatable bonds is 3. The SMILES string of the molecule is COc1cc2nccc(Nc3cc(O)c(C)cc3F)c2cc1C#N. The van der Waals surface area contributed by atoms with E-state index >= 15 is 0 Å². The molecule has 0 saturated carbocycles. The van der Waals surface area contributed by atoms with Gasteiger partial charge in [-0.3, -0.25) is 4.98 Å². The number of hydrogen-bond donors (Lipinski definition) is 2. The standard InChI is InChI=1S/C18H14FN3O2/c1-10-5-13(19)16(7-17(10)23)22-14-3-4-21-15-8-18(24-2)11(9-20)6-12(14)15/h3-8,23H,1-2H3,(H,21,22). The average Bonchev–Trinajstić information content (AvgIpc) is 2.58. The van der Waals surface area contributed by atoms with Crippen LogP contribution >= 0.6 is 0 Å². The molecule has 0 bridgehead atoms. The first-order valence-electron chi connectivity index (χ1n) is 7.16. The van der Waals surface area contributed by atoms with Crippen molar-refractivity contribution >= 4 is 22.3 Å². The second kappa shape index (κ2) is 6.05. The predicted molar refractivity (Wildman–Crippen MR) is 89.1 cm³/mol. The summed E-state index contributed by atoms with van der Waals surface area (Å²) in [7, 11) is 1.48. The molecule has 120 valence electrons. The van der Waals surface area contributed by atoms with E-state index in [2.05, 4.69) is 16.4 Å². The van der Waals surface area contributed by atoms with E-state index in [9.17, 15) is 14.8 Å². The number of hydrogen-bond acceptors (Lipinski definition) is 5. The van der Waals surface area contributed by atoms with Crippen LogP contribution in [0.25, 0.3) is 10.9 Å². The van der Waals surface area contributed by atoms with Gasteiger partial charge < -0.3 is 15.2 Å². The maximum absolute atomic E-state index is 14.1. The summed E-state index contributed by atoms with van der Waals surface area (Å²) in [5.41, 5.74) is 2.12. The number of aromatic hydroxyl groups is 1. The third-order valence-electron chi connectivity index (χ3n) is 3.74. The number of methoxy groups -OCH3 is 1. The fourth-order valence-corrected chi connectivity index (χ4v) is 2.44. The van der Waals surface area contributed by atoms with Crippen LogP contribution in [-0.2, 0) is 0 Å². The molecule has 3 aromatic rings. The number of ether oxygens (including phenoxy) is 1. The van der Waals surface area contributed by atoms with Crippen molar-refractivity contribution in [3.63, 3.8) is 0 Å². The number of phenolic OH excluding ortho intramolecular Hbond substituents is 1. The topological polar surface area (TPSA) is 78.2 Å². The highest BCUT2D eigenvalue weighted by Gasteiger charge is 2.12. The largest absolute Gasteiger partial charge is 0.508 e.